The zero-order chi connectivity index (χ0) is 12.0. The van der Waals surface area contributed by atoms with E-state index >= 15 is 0 Å². The fourth-order valence-electron chi connectivity index (χ4n) is 2.35. The molecule has 0 aromatic carbocycles. The van der Waals surface area contributed by atoms with E-state index < -0.39 is 0 Å². The van der Waals surface area contributed by atoms with Crippen LogP contribution in [0.2, 0.25) is 0 Å². The molecule has 3 heteroatoms. The number of likely N-dealkylation sites (tertiary alicyclic amines) is 1. The van der Waals surface area contributed by atoms with Crippen LogP contribution in [0.1, 0.15) is 52.4 Å². The average Bonchev–Trinajstić information content (AvgIpc) is 2.28. The van der Waals surface area contributed by atoms with Crippen molar-refractivity contribution in [2.45, 2.75) is 58.4 Å². The number of nitrogens with two attached hydrogens (primary N) is 1. The molecule has 0 radical (unpaired) electrons. The summed E-state index contributed by atoms with van der Waals surface area (Å²) in [5.41, 5.74) is 5.89. The van der Waals surface area contributed by atoms with Crippen molar-refractivity contribution in [3.05, 3.63) is 0 Å². The van der Waals surface area contributed by atoms with Gasteiger partial charge in [0.2, 0.25) is 5.91 Å². The van der Waals surface area contributed by atoms with Crippen molar-refractivity contribution in [1.29, 1.82) is 0 Å². The summed E-state index contributed by atoms with van der Waals surface area (Å²) >= 11 is 0. The molecule has 1 amide bonds. The summed E-state index contributed by atoms with van der Waals surface area (Å²) in [7, 11) is 0. The average molecular weight is 226 g/mol. The predicted octanol–water partition coefficient (Wildman–Crippen LogP) is 2.15. The third-order valence-corrected chi connectivity index (χ3v) is 3.43. The zero-order valence-electron chi connectivity index (χ0n) is 10.7. The Kier molecular flexibility index (Phi) is 5.81. The highest BCUT2D eigenvalue weighted by atomic mass is 16.2. The molecule has 2 atom stereocenters. The highest BCUT2D eigenvalue weighted by Gasteiger charge is 2.24. The number of nitrogens with zero attached hydrogens (tertiary/aromatic N) is 1. The first-order chi connectivity index (χ1) is 7.65. The van der Waals surface area contributed by atoms with Crippen LogP contribution in [0.5, 0.6) is 0 Å². The molecule has 1 aliphatic heterocycles. The Morgan fingerprint density at radius 1 is 1.50 bits per heavy atom. The van der Waals surface area contributed by atoms with Gasteiger partial charge >= 0.3 is 0 Å². The topological polar surface area (TPSA) is 46.3 Å². The van der Waals surface area contributed by atoms with Gasteiger partial charge in [-0.1, -0.05) is 33.1 Å². The number of carbonyl (C=O) groups is 1. The van der Waals surface area contributed by atoms with E-state index in [0.29, 0.717) is 5.91 Å². The summed E-state index contributed by atoms with van der Waals surface area (Å²) in [4.78, 5) is 14.1. The molecule has 0 aromatic rings. The molecule has 0 saturated carbocycles. The lowest BCUT2D eigenvalue weighted by Gasteiger charge is -2.32. The predicted molar refractivity (Wildman–Crippen MR) is 67.1 cm³/mol. The van der Waals surface area contributed by atoms with E-state index in [1.807, 2.05) is 4.90 Å². The van der Waals surface area contributed by atoms with E-state index in [4.69, 9.17) is 5.73 Å². The first-order valence-corrected chi connectivity index (χ1v) is 6.69. The van der Waals surface area contributed by atoms with Crippen LogP contribution in [0, 0.1) is 5.92 Å². The van der Waals surface area contributed by atoms with Crippen LogP contribution >= 0.6 is 0 Å². The lowest BCUT2D eigenvalue weighted by atomic mass is 9.99. The monoisotopic (exact) mass is 226 g/mol. The fourth-order valence-corrected chi connectivity index (χ4v) is 2.35. The van der Waals surface area contributed by atoms with Gasteiger partial charge in [0.1, 0.15) is 0 Å². The van der Waals surface area contributed by atoms with Crippen molar-refractivity contribution >= 4 is 5.91 Å². The summed E-state index contributed by atoms with van der Waals surface area (Å²) in [6.07, 6.45) is 6.77. The van der Waals surface area contributed by atoms with Gasteiger partial charge in [-0.3, -0.25) is 4.79 Å². The molecule has 2 N–H and O–H groups in total. The lowest BCUT2D eigenvalue weighted by Crippen LogP contribution is -2.47. The van der Waals surface area contributed by atoms with Gasteiger partial charge in [-0.15, -0.1) is 0 Å². The molecular formula is C13H26N2O. The summed E-state index contributed by atoms with van der Waals surface area (Å²) in [6.45, 7) is 5.91. The van der Waals surface area contributed by atoms with E-state index in [9.17, 15) is 4.79 Å². The van der Waals surface area contributed by atoms with Gasteiger partial charge < -0.3 is 10.6 Å². The molecule has 1 heterocycles. The number of hydrogen-bond acceptors (Lipinski definition) is 2. The van der Waals surface area contributed by atoms with Gasteiger partial charge in [0, 0.05) is 25.0 Å². The summed E-state index contributed by atoms with van der Waals surface area (Å²) in [6, 6.07) is 0.195. The molecule has 1 saturated heterocycles. The van der Waals surface area contributed by atoms with Crippen molar-refractivity contribution in [3.63, 3.8) is 0 Å². The minimum Gasteiger partial charge on any atom is -0.341 e. The highest BCUT2D eigenvalue weighted by molar-refractivity contribution is 5.78. The Morgan fingerprint density at radius 2 is 2.25 bits per heavy atom. The van der Waals surface area contributed by atoms with Gasteiger partial charge in [-0.2, -0.15) is 0 Å². The second-order valence-corrected chi connectivity index (χ2v) is 5.08. The van der Waals surface area contributed by atoms with Crippen LogP contribution in [0.15, 0.2) is 0 Å². The Labute approximate surface area is 99.4 Å². The largest absolute Gasteiger partial charge is 0.341 e. The van der Waals surface area contributed by atoms with Crippen molar-refractivity contribution in [1.82, 2.24) is 4.90 Å². The van der Waals surface area contributed by atoms with Gasteiger partial charge in [0.05, 0.1) is 0 Å². The molecule has 0 aromatic heterocycles. The first kappa shape index (κ1) is 13.5. The molecule has 3 nitrogen and oxygen atoms in total. The van der Waals surface area contributed by atoms with Gasteiger partial charge in [0.25, 0.3) is 0 Å². The second kappa shape index (κ2) is 6.89. The van der Waals surface area contributed by atoms with E-state index in [2.05, 4.69) is 13.8 Å². The van der Waals surface area contributed by atoms with Crippen molar-refractivity contribution in [3.8, 4) is 0 Å². The highest BCUT2D eigenvalue weighted by Crippen LogP contribution is 2.16. The number of unbranched alkanes of at least 4 members (excludes halogenated alkanes) is 2. The van der Waals surface area contributed by atoms with Crippen LogP contribution in [0.3, 0.4) is 0 Å². The van der Waals surface area contributed by atoms with E-state index in [1.54, 1.807) is 0 Å². The first-order valence-electron chi connectivity index (χ1n) is 6.69. The summed E-state index contributed by atoms with van der Waals surface area (Å²) < 4.78 is 0. The molecule has 0 spiro atoms. The van der Waals surface area contributed by atoms with Crippen LogP contribution in [0.4, 0.5) is 0 Å². The van der Waals surface area contributed by atoms with E-state index in [1.165, 1.54) is 19.3 Å². The fraction of sp³-hybridized carbons (Fsp3) is 0.923. The number of carbonyl (C=O) groups excluding carboxylic acids is 1. The van der Waals surface area contributed by atoms with Crippen molar-refractivity contribution in [2.75, 3.05) is 13.1 Å². The normalized spacial score (nSPS) is 23.2. The quantitative estimate of drug-likeness (QED) is 0.730. The second-order valence-electron chi connectivity index (χ2n) is 5.08. The number of hydrogen-bond donors (Lipinski definition) is 1. The Bertz CT molecular complexity index is 218. The standard InChI is InChI=1S/C13H26N2O/c1-3-4-5-7-11(2)13(16)15-9-6-8-12(14)10-15/h11-12H,3-10,14H2,1-2H3. The van der Waals surface area contributed by atoms with Gasteiger partial charge in [-0.25, -0.2) is 0 Å². The lowest BCUT2D eigenvalue weighted by molar-refractivity contribution is -0.136. The van der Waals surface area contributed by atoms with E-state index in [0.717, 1.165) is 32.4 Å². The Hall–Kier alpha value is -0.570. The molecular weight excluding hydrogens is 200 g/mol. The third kappa shape index (κ3) is 4.12. The Balaban J connectivity index is 2.31. The molecule has 1 aliphatic rings. The maximum Gasteiger partial charge on any atom is 0.225 e. The number of piperidine rings is 1. The maximum absolute atomic E-state index is 12.1. The van der Waals surface area contributed by atoms with Gasteiger partial charge in [-0.05, 0) is 19.3 Å². The summed E-state index contributed by atoms with van der Waals surface area (Å²) in [5.74, 6) is 0.489. The Morgan fingerprint density at radius 3 is 2.88 bits per heavy atom. The van der Waals surface area contributed by atoms with Crippen molar-refractivity contribution in [2.24, 2.45) is 11.7 Å². The number of rotatable bonds is 5. The molecule has 1 rings (SSSR count). The molecule has 1 fully saturated rings. The molecule has 94 valence electrons. The van der Waals surface area contributed by atoms with Crippen LogP contribution < -0.4 is 5.73 Å². The maximum atomic E-state index is 12.1. The van der Waals surface area contributed by atoms with Crippen LogP contribution in [-0.2, 0) is 4.79 Å². The van der Waals surface area contributed by atoms with Crippen LogP contribution in [-0.4, -0.2) is 29.9 Å². The van der Waals surface area contributed by atoms with Gasteiger partial charge in [0.15, 0.2) is 0 Å². The zero-order valence-corrected chi connectivity index (χ0v) is 10.7. The SMILES string of the molecule is CCCCCC(C)C(=O)N1CCCC(N)C1. The summed E-state index contributed by atoms with van der Waals surface area (Å²) in [5, 5.41) is 0. The minimum absolute atomic E-state index is 0.178. The molecule has 0 bridgehead atoms. The molecule has 2 unspecified atom stereocenters. The van der Waals surface area contributed by atoms with Crippen LogP contribution in [0.25, 0.3) is 0 Å². The smallest absolute Gasteiger partial charge is 0.225 e. The minimum atomic E-state index is 0.178. The van der Waals surface area contributed by atoms with Crippen molar-refractivity contribution < 1.29 is 4.79 Å². The number of amides is 1. The van der Waals surface area contributed by atoms with E-state index in [-0.39, 0.29) is 12.0 Å². The molecule has 16 heavy (non-hydrogen) atoms. The third-order valence-electron chi connectivity index (χ3n) is 3.43. The molecule has 0 aliphatic carbocycles.